The van der Waals surface area contributed by atoms with E-state index in [1.165, 1.54) is 7.11 Å². The van der Waals surface area contributed by atoms with Crippen molar-refractivity contribution in [2.24, 2.45) is 0 Å². The zero-order valence-electron chi connectivity index (χ0n) is 14.5. The van der Waals surface area contributed by atoms with E-state index in [1.54, 1.807) is 12.1 Å². The molecule has 4 nitrogen and oxygen atoms in total. The Morgan fingerprint density at radius 2 is 1.38 bits per heavy atom. The highest BCUT2D eigenvalue weighted by atomic mass is 16.6. The van der Waals surface area contributed by atoms with Gasteiger partial charge in [0.15, 0.2) is 0 Å². The Kier molecular flexibility index (Phi) is 5.39. The van der Waals surface area contributed by atoms with Gasteiger partial charge in [-0.15, -0.1) is 0 Å². The van der Waals surface area contributed by atoms with Crippen LogP contribution in [0.15, 0.2) is 48.5 Å². The van der Waals surface area contributed by atoms with Crippen molar-refractivity contribution in [1.82, 2.24) is 0 Å². The fourth-order valence-electron chi connectivity index (χ4n) is 2.28. The van der Waals surface area contributed by atoms with Gasteiger partial charge in [-0.05, 0) is 49.6 Å². The molecule has 0 heterocycles. The standard InChI is InChI=1S/C20H22O4/c1-20(2,3)24-18(21)13-14-5-7-15(8-6-14)16-9-11-17(12-10-16)19(22)23-4/h5-12H,13H2,1-4H3. The first kappa shape index (κ1) is 17.7. The predicted octanol–water partition coefficient (Wildman–Crippen LogP) is 4.02. The summed E-state index contributed by atoms with van der Waals surface area (Å²) in [5, 5.41) is 0. The van der Waals surface area contributed by atoms with E-state index in [9.17, 15) is 9.59 Å². The number of carbonyl (C=O) groups excluding carboxylic acids is 2. The van der Waals surface area contributed by atoms with Gasteiger partial charge in [0, 0.05) is 0 Å². The van der Waals surface area contributed by atoms with Crippen molar-refractivity contribution in [3.8, 4) is 11.1 Å². The number of carbonyl (C=O) groups is 2. The van der Waals surface area contributed by atoms with Crippen molar-refractivity contribution in [1.29, 1.82) is 0 Å². The van der Waals surface area contributed by atoms with Gasteiger partial charge in [0.05, 0.1) is 19.1 Å². The van der Waals surface area contributed by atoms with Gasteiger partial charge in [0.1, 0.15) is 5.60 Å². The highest BCUT2D eigenvalue weighted by Crippen LogP contribution is 2.21. The van der Waals surface area contributed by atoms with E-state index in [0.29, 0.717) is 5.56 Å². The summed E-state index contributed by atoms with van der Waals surface area (Å²) in [6, 6.07) is 14.9. The molecule has 0 saturated heterocycles. The SMILES string of the molecule is COC(=O)c1ccc(-c2ccc(CC(=O)OC(C)(C)C)cc2)cc1. The number of benzene rings is 2. The Morgan fingerprint density at radius 1 is 0.875 bits per heavy atom. The molecular weight excluding hydrogens is 304 g/mol. The molecule has 0 N–H and O–H groups in total. The summed E-state index contributed by atoms with van der Waals surface area (Å²) in [7, 11) is 1.36. The molecule has 2 aromatic carbocycles. The van der Waals surface area contributed by atoms with Crippen molar-refractivity contribution in [2.45, 2.75) is 32.8 Å². The minimum Gasteiger partial charge on any atom is -0.465 e. The number of rotatable bonds is 4. The third kappa shape index (κ3) is 4.95. The number of hydrogen-bond acceptors (Lipinski definition) is 4. The Morgan fingerprint density at radius 3 is 1.83 bits per heavy atom. The Bertz CT molecular complexity index is 707. The molecule has 0 saturated carbocycles. The van der Waals surface area contributed by atoms with Crippen LogP contribution in [0.5, 0.6) is 0 Å². The molecule has 2 aromatic rings. The molecule has 0 bridgehead atoms. The summed E-state index contributed by atoms with van der Waals surface area (Å²) in [5.41, 5.74) is 2.95. The fourth-order valence-corrected chi connectivity index (χ4v) is 2.28. The summed E-state index contributed by atoms with van der Waals surface area (Å²) in [6.07, 6.45) is 0.249. The molecule has 0 aliphatic rings. The second-order valence-corrected chi connectivity index (χ2v) is 6.53. The van der Waals surface area contributed by atoms with Crippen LogP contribution in [0.1, 0.15) is 36.7 Å². The molecule has 4 heteroatoms. The van der Waals surface area contributed by atoms with E-state index in [0.717, 1.165) is 16.7 Å². The quantitative estimate of drug-likeness (QED) is 0.796. The molecule has 0 atom stereocenters. The Hall–Kier alpha value is -2.62. The van der Waals surface area contributed by atoms with Crippen LogP contribution in [0.25, 0.3) is 11.1 Å². The maximum Gasteiger partial charge on any atom is 0.337 e. The molecule has 24 heavy (non-hydrogen) atoms. The minimum absolute atomic E-state index is 0.238. The van der Waals surface area contributed by atoms with E-state index in [1.807, 2.05) is 57.2 Å². The molecule has 0 radical (unpaired) electrons. The summed E-state index contributed by atoms with van der Waals surface area (Å²) < 4.78 is 10.0. The highest BCUT2D eigenvalue weighted by molar-refractivity contribution is 5.90. The van der Waals surface area contributed by atoms with Crippen LogP contribution in [-0.4, -0.2) is 24.6 Å². The van der Waals surface area contributed by atoms with Crippen LogP contribution in [0.4, 0.5) is 0 Å². The van der Waals surface area contributed by atoms with E-state index in [4.69, 9.17) is 4.74 Å². The third-order valence-corrected chi connectivity index (χ3v) is 3.36. The number of methoxy groups -OCH3 is 1. The highest BCUT2D eigenvalue weighted by Gasteiger charge is 2.16. The average molecular weight is 326 g/mol. The smallest absolute Gasteiger partial charge is 0.337 e. The maximum absolute atomic E-state index is 11.8. The van der Waals surface area contributed by atoms with Gasteiger partial charge < -0.3 is 9.47 Å². The molecular formula is C20H22O4. The zero-order valence-corrected chi connectivity index (χ0v) is 14.5. The van der Waals surface area contributed by atoms with Crippen molar-refractivity contribution in [2.75, 3.05) is 7.11 Å². The van der Waals surface area contributed by atoms with Crippen LogP contribution < -0.4 is 0 Å². The van der Waals surface area contributed by atoms with Crippen molar-refractivity contribution < 1.29 is 19.1 Å². The second-order valence-electron chi connectivity index (χ2n) is 6.53. The first-order valence-electron chi connectivity index (χ1n) is 7.78. The van der Waals surface area contributed by atoms with Crippen LogP contribution in [0, 0.1) is 0 Å². The lowest BCUT2D eigenvalue weighted by molar-refractivity contribution is -0.153. The Balaban J connectivity index is 2.06. The van der Waals surface area contributed by atoms with Gasteiger partial charge in [0.2, 0.25) is 0 Å². The van der Waals surface area contributed by atoms with Crippen LogP contribution in [0.2, 0.25) is 0 Å². The van der Waals surface area contributed by atoms with E-state index in [2.05, 4.69) is 4.74 Å². The van der Waals surface area contributed by atoms with E-state index >= 15 is 0 Å². The number of esters is 2. The normalized spacial score (nSPS) is 11.0. The summed E-state index contributed by atoms with van der Waals surface area (Å²) in [4.78, 5) is 23.3. The molecule has 0 fully saturated rings. The molecule has 0 unspecified atom stereocenters. The Labute approximate surface area is 142 Å². The molecule has 0 aliphatic heterocycles. The molecule has 0 amide bonds. The lowest BCUT2D eigenvalue weighted by Gasteiger charge is -2.19. The summed E-state index contributed by atoms with van der Waals surface area (Å²) in [5.74, 6) is -0.591. The number of ether oxygens (including phenoxy) is 2. The molecule has 126 valence electrons. The third-order valence-electron chi connectivity index (χ3n) is 3.36. The lowest BCUT2D eigenvalue weighted by atomic mass is 10.0. The lowest BCUT2D eigenvalue weighted by Crippen LogP contribution is -2.24. The first-order valence-corrected chi connectivity index (χ1v) is 7.78. The molecule has 0 aromatic heterocycles. The van der Waals surface area contributed by atoms with Gasteiger partial charge in [-0.1, -0.05) is 36.4 Å². The van der Waals surface area contributed by atoms with Gasteiger partial charge in [-0.2, -0.15) is 0 Å². The van der Waals surface area contributed by atoms with Crippen LogP contribution in [0.3, 0.4) is 0 Å². The zero-order chi connectivity index (χ0) is 17.7. The first-order chi connectivity index (χ1) is 11.3. The van der Waals surface area contributed by atoms with E-state index < -0.39 is 5.60 Å². The molecule has 2 rings (SSSR count). The molecule has 0 aliphatic carbocycles. The van der Waals surface area contributed by atoms with Gasteiger partial charge in [0.25, 0.3) is 0 Å². The van der Waals surface area contributed by atoms with Crippen molar-refractivity contribution in [3.63, 3.8) is 0 Å². The molecule has 0 spiro atoms. The van der Waals surface area contributed by atoms with Crippen molar-refractivity contribution >= 4 is 11.9 Å². The van der Waals surface area contributed by atoms with Crippen LogP contribution >= 0.6 is 0 Å². The van der Waals surface area contributed by atoms with Gasteiger partial charge in [-0.3, -0.25) is 4.79 Å². The van der Waals surface area contributed by atoms with Gasteiger partial charge in [-0.25, -0.2) is 4.79 Å². The maximum atomic E-state index is 11.8. The average Bonchev–Trinajstić information content (AvgIpc) is 2.53. The second kappa shape index (κ2) is 7.30. The topological polar surface area (TPSA) is 52.6 Å². The van der Waals surface area contributed by atoms with Crippen LogP contribution in [-0.2, 0) is 20.7 Å². The van der Waals surface area contributed by atoms with E-state index in [-0.39, 0.29) is 18.4 Å². The predicted molar refractivity (Wildman–Crippen MR) is 92.8 cm³/mol. The summed E-state index contributed by atoms with van der Waals surface area (Å²) in [6.45, 7) is 5.56. The number of hydrogen-bond donors (Lipinski definition) is 0. The van der Waals surface area contributed by atoms with Gasteiger partial charge >= 0.3 is 11.9 Å². The fraction of sp³-hybridized carbons (Fsp3) is 0.300. The largest absolute Gasteiger partial charge is 0.465 e. The summed E-state index contributed by atoms with van der Waals surface area (Å²) >= 11 is 0. The monoisotopic (exact) mass is 326 g/mol. The van der Waals surface area contributed by atoms with Crippen molar-refractivity contribution in [3.05, 3.63) is 59.7 Å². The minimum atomic E-state index is -0.474.